The number of aromatic nitrogens is 1. The first kappa shape index (κ1) is 21.3. The molecular weight excluding hydrogens is 368 g/mol. The third kappa shape index (κ3) is 5.35. The van der Waals surface area contributed by atoms with Gasteiger partial charge in [0, 0.05) is 32.0 Å². The molecule has 2 amide bonds. The number of carbonyl (C=O) groups excluding carboxylic acids is 2. The summed E-state index contributed by atoms with van der Waals surface area (Å²) in [4.78, 5) is 30.2. The van der Waals surface area contributed by atoms with Crippen LogP contribution in [-0.4, -0.2) is 47.4 Å². The van der Waals surface area contributed by atoms with Gasteiger partial charge in [-0.15, -0.1) is 0 Å². The maximum atomic E-state index is 12.4. The molecule has 1 aliphatic rings. The fraction of sp³-hybridized carbons (Fsp3) is 0.591. The van der Waals surface area contributed by atoms with E-state index in [9.17, 15) is 9.59 Å². The van der Waals surface area contributed by atoms with Crippen LogP contribution in [-0.2, 0) is 21.5 Å². The van der Waals surface area contributed by atoms with Gasteiger partial charge in [-0.25, -0.2) is 4.98 Å². The van der Waals surface area contributed by atoms with Crippen molar-refractivity contribution < 1.29 is 14.0 Å². The molecule has 0 bridgehead atoms. The van der Waals surface area contributed by atoms with Crippen LogP contribution in [0.4, 0.5) is 0 Å². The summed E-state index contributed by atoms with van der Waals surface area (Å²) in [5.74, 6) is 0.481. The second kappa shape index (κ2) is 8.53. The molecule has 1 aromatic carbocycles. The molecule has 0 aliphatic carbocycles. The number of rotatable bonds is 6. The Balaban J connectivity index is 1.52. The van der Waals surface area contributed by atoms with Gasteiger partial charge in [0.1, 0.15) is 5.52 Å². The molecule has 2 N–H and O–H groups in total. The summed E-state index contributed by atoms with van der Waals surface area (Å²) in [5, 5.41) is 5.79. The van der Waals surface area contributed by atoms with Crippen molar-refractivity contribution in [1.29, 1.82) is 0 Å². The average Bonchev–Trinajstić information content (AvgIpc) is 3.20. The lowest BCUT2D eigenvalue weighted by atomic mass is 9.87. The summed E-state index contributed by atoms with van der Waals surface area (Å²) in [7, 11) is 2.02. The Morgan fingerprint density at radius 1 is 1.21 bits per heavy atom. The molecule has 7 nitrogen and oxygen atoms in total. The second-order valence-corrected chi connectivity index (χ2v) is 9.01. The number of amides is 2. The third-order valence-corrected chi connectivity index (χ3v) is 5.73. The standard InChI is InChI=1S/C22H32N4O3/c1-14(27)23-12-17-8-7-16(26(17)5)11-20(28)24-13-21-25-18-10-15(22(2,3)4)6-9-19(18)29-21/h6,9-10,16-17H,7-8,11-13H2,1-5H3,(H,23,27)(H,24,28)/t16-,17+/m0/s1. The maximum absolute atomic E-state index is 12.4. The minimum Gasteiger partial charge on any atom is -0.439 e. The van der Waals surface area contributed by atoms with Gasteiger partial charge in [0.25, 0.3) is 0 Å². The number of nitrogens with one attached hydrogen (secondary N) is 2. The zero-order chi connectivity index (χ0) is 21.2. The summed E-state index contributed by atoms with van der Waals surface area (Å²) in [6, 6.07) is 6.52. The fourth-order valence-electron chi connectivity index (χ4n) is 3.82. The SMILES string of the molecule is CC(=O)NC[C@H]1CC[C@@H](CC(=O)NCc2nc3cc(C(C)(C)C)ccc3o2)N1C. The summed E-state index contributed by atoms with van der Waals surface area (Å²) < 4.78 is 5.77. The number of hydrogen-bond donors (Lipinski definition) is 2. The van der Waals surface area contributed by atoms with Crippen molar-refractivity contribution in [3.05, 3.63) is 29.7 Å². The van der Waals surface area contributed by atoms with Crippen molar-refractivity contribution in [2.75, 3.05) is 13.6 Å². The zero-order valence-corrected chi connectivity index (χ0v) is 18.0. The topological polar surface area (TPSA) is 87.5 Å². The van der Waals surface area contributed by atoms with E-state index in [4.69, 9.17) is 4.42 Å². The first-order valence-corrected chi connectivity index (χ1v) is 10.3. The Hall–Kier alpha value is -2.41. The molecular formula is C22H32N4O3. The molecule has 7 heteroatoms. The Morgan fingerprint density at radius 2 is 1.93 bits per heavy atom. The molecule has 29 heavy (non-hydrogen) atoms. The number of oxazole rings is 1. The Bertz CT molecular complexity index is 884. The largest absolute Gasteiger partial charge is 0.439 e. The molecule has 2 aromatic rings. The number of carbonyl (C=O) groups is 2. The van der Waals surface area contributed by atoms with E-state index in [-0.39, 0.29) is 35.9 Å². The first-order valence-electron chi connectivity index (χ1n) is 10.3. The number of benzene rings is 1. The Kier molecular flexibility index (Phi) is 6.27. The van der Waals surface area contributed by atoms with Gasteiger partial charge in [-0.05, 0) is 43.0 Å². The van der Waals surface area contributed by atoms with Gasteiger partial charge < -0.3 is 15.1 Å². The first-order chi connectivity index (χ1) is 13.6. The number of likely N-dealkylation sites (N-methyl/N-ethyl adjacent to an activating group) is 1. The number of nitrogens with zero attached hydrogens (tertiary/aromatic N) is 2. The van der Waals surface area contributed by atoms with Crippen molar-refractivity contribution in [2.24, 2.45) is 0 Å². The molecule has 0 spiro atoms. The van der Waals surface area contributed by atoms with E-state index in [1.165, 1.54) is 12.5 Å². The summed E-state index contributed by atoms with van der Waals surface area (Å²) in [6.45, 7) is 8.92. The molecule has 2 atom stereocenters. The summed E-state index contributed by atoms with van der Waals surface area (Å²) in [5.41, 5.74) is 2.80. The van der Waals surface area contributed by atoms with Crippen LogP contribution in [0.5, 0.6) is 0 Å². The van der Waals surface area contributed by atoms with Crippen LogP contribution < -0.4 is 10.6 Å². The van der Waals surface area contributed by atoms with Crippen molar-refractivity contribution in [3.8, 4) is 0 Å². The van der Waals surface area contributed by atoms with Crippen LogP contribution in [0.1, 0.15) is 58.4 Å². The Morgan fingerprint density at radius 3 is 2.62 bits per heavy atom. The third-order valence-electron chi connectivity index (χ3n) is 5.73. The zero-order valence-electron chi connectivity index (χ0n) is 18.0. The van der Waals surface area contributed by atoms with Gasteiger partial charge in [0.05, 0.1) is 6.54 Å². The predicted octanol–water partition coefficient (Wildman–Crippen LogP) is 2.73. The molecule has 0 radical (unpaired) electrons. The van der Waals surface area contributed by atoms with Crippen molar-refractivity contribution in [3.63, 3.8) is 0 Å². The molecule has 1 aliphatic heterocycles. The van der Waals surface area contributed by atoms with Crippen molar-refractivity contribution >= 4 is 22.9 Å². The normalized spacial score (nSPS) is 20.2. The van der Waals surface area contributed by atoms with Crippen LogP contribution >= 0.6 is 0 Å². The van der Waals surface area contributed by atoms with Gasteiger partial charge in [0.15, 0.2) is 5.58 Å². The maximum Gasteiger partial charge on any atom is 0.222 e. The van der Waals surface area contributed by atoms with Gasteiger partial charge in [0.2, 0.25) is 17.7 Å². The number of hydrogen-bond acceptors (Lipinski definition) is 5. The van der Waals surface area contributed by atoms with E-state index in [1.807, 2.05) is 19.2 Å². The van der Waals surface area contributed by atoms with E-state index in [1.54, 1.807) is 0 Å². The lowest BCUT2D eigenvalue weighted by Gasteiger charge is -2.25. The smallest absolute Gasteiger partial charge is 0.222 e. The van der Waals surface area contributed by atoms with Gasteiger partial charge >= 0.3 is 0 Å². The van der Waals surface area contributed by atoms with E-state index in [2.05, 4.69) is 47.4 Å². The van der Waals surface area contributed by atoms with Gasteiger partial charge in [-0.2, -0.15) is 0 Å². The highest BCUT2D eigenvalue weighted by molar-refractivity contribution is 5.77. The molecule has 1 aromatic heterocycles. The number of likely N-dealkylation sites (tertiary alicyclic amines) is 1. The molecule has 158 valence electrons. The summed E-state index contributed by atoms with van der Waals surface area (Å²) >= 11 is 0. The highest BCUT2D eigenvalue weighted by Gasteiger charge is 2.31. The molecule has 1 saturated heterocycles. The molecule has 0 unspecified atom stereocenters. The van der Waals surface area contributed by atoms with Crippen LogP contribution in [0.2, 0.25) is 0 Å². The number of fused-ring (bicyclic) bond motifs is 1. The monoisotopic (exact) mass is 400 g/mol. The van der Waals surface area contributed by atoms with Crippen molar-refractivity contribution in [1.82, 2.24) is 20.5 Å². The van der Waals surface area contributed by atoms with Gasteiger partial charge in [-0.1, -0.05) is 26.8 Å². The van der Waals surface area contributed by atoms with Crippen LogP contribution in [0.3, 0.4) is 0 Å². The van der Waals surface area contributed by atoms with E-state index >= 15 is 0 Å². The minimum atomic E-state index is -0.0208. The molecule has 2 heterocycles. The predicted molar refractivity (Wildman–Crippen MR) is 112 cm³/mol. The van der Waals surface area contributed by atoms with Crippen LogP contribution in [0.15, 0.2) is 22.6 Å². The van der Waals surface area contributed by atoms with Crippen molar-refractivity contribution in [2.45, 2.75) is 71.0 Å². The highest BCUT2D eigenvalue weighted by atomic mass is 16.3. The average molecular weight is 401 g/mol. The van der Waals surface area contributed by atoms with E-state index < -0.39 is 0 Å². The van der Waals surface area contributed by atoms with Crippen LogP contribution in [0.25, 0.3) is 11.1 Å². The van der Waals surface area contributed by atoms with Crippen LogP contribution in [0, 0.1) is 0 Å². The molecule has 3 rings (SSSR count). The molecule has 1 fully saturated rings. The lowest BCUT2D eigenvalue weighted by molar-refractivity contribution is -0.122. The quantitative estimate of drug-likeness (QED) is 0.779. The lowest BCUT2D eigenvalue weighted by Crippen LogP contribution is -2.41. The van der Waals surface area contributed by atoms with E-state index in [0.29, 0.717) is 18.9 Å². The Labute approximate surface area is 172 Å². The minimum absolute atomic E-state index is 0.0142. The van der Waals surface area contributed by atoms with Gasteiger partial charge in [-0.3, -0.25) is 14.5 Å². The molecule has 0 saturated carbocycles. The van der Waals surface area contributed by atoms with E-state index in [0.717, 1.165) is 23.9 Å². The fourth-order valence-corrected chi connectivity index (χ4v) is 3.82. The second-order valence-electron chi connectivity index (χ2n) is 9.01. The summed E-state index contributed by atoms with van der Waals surface area (Å²) in [6.07, 6.45) is 2.37. The highest BCUT2D eigenvalue weighted by Crippen LogP contribution is 2.27.